The predicted molar refractivity (Wildman–Crippen MR) is 85.3 cm³/mol. The van der Waals surface area contributed by atoms with Crippen molar-refractivity contribution in [2.24, 2.45) is 0 Å². The van der Waals surface area contributed by atoms with Crippen molar-refractivity contribution in [1.82, 2.24) is 5.32 Å². The van der Waals surface area contributed by atoms with E-state index < -0.39 is 0 Å². The van der Waals surface area contributed by atoms with Crippen LogP contribution in [0.15, 0.2) is 18.2 Å². The second kappa shape index (κ2) is 5.77. The second-order valence-corrected chi connectivity index (χ2v) is 6.64. The molecule has 0 atom stereocenters. The van der Waals surface area contributed by atoms with E-state index in [9.17, 15) is 0 Å². The van der Waals surface area contributed by atoms with Crippen molar-refractivity contribution in [1.29, 1.82) is 0 Å². The number of para-hydroxylation sites is 1. The van der Waals surface area contributed by atoms with Crippen LogP contribution in [0.4, 0.5) is 0 Å². The van der Waals surface area contributed by atoms with E-state index in [0.29, 0.717) is 0 Å². The number of rotatable bonds is 6. The average Bonchev–Trinajstić information content (AvgIpc) is 2.75. The van der Waals surface area contributed by atoms with Crippen LogP contribution in [0.25, 0.3) is 0 Å². The smallest absolute Gasteiger partial charge is 0.127 e. The fraction of sp³-hybridized carbons (Fsp3) is 0.667. The summed E-state index contributed by atoms with van der Waals surface area (Å²) in [7, 11) is 0. The quantitative estimate of drug-likeness (QED) is 0.827. The molecule has 0 bridgehead atoms. The van der Waals surface area contributed by atoms with Crippen LogP contribution in [0.1, 0.15) is 65.0 Å². The lowest BCUT2D eigenvalue weighted by atomic mass is 9.89. The Morgan fingerprint density at radius 2 is 1.80 bits per heavy atom. The van der Waals surface area contributed by atoms with Crippen LogP contribution >= 0.6 is 0 Å². The molecule has 1 heterocycles. The van der Waals surface area contributed by atoms with Crippen molar-refractivity contribution in [3.05, 3.63) is 29.3 Å². The molecule has 0 saturated carbocycles. The van der Waals surface area contributed by atoms with Gasteiger partial charge in [-0.25, -0.2) is 0 Å². The first kappa shape index (κ1) is 15.4. The molecule has 0 aliphatic carbocycles. The normalized spacial score (nSPS) is 16.9. The fourth-order valence-electron chi connectivity index (χ4n) is 3.23. The van der Waals surface area contributed by atoms with Gasteiger partial charge in [-0.2, -0.15) is 0 Å². The number of nitrogens with one attached hydrogen (secondary N) is 1. The van der Waals surface area contributed by atoms with Gasteiger partial charge in [0.15, 0.2) is 0 Å². The van der Waals surface area contributed by atoms with Gasteiger partial charge in [0.2, 0.25) is 0 Å². The van der Waals surface area contributed by atoms with Gasteiger partial charge in [-0.05, 0) is 38.7 Å². The number of benzene rings is 1. The minimum atomic E-state index is -0.0597. The third-order valence-electron chi connectivity index (χ3n) is 4.86. The summed E-state index contributed by atoms with van der Waals surface area (Å²) in [6.45, 7) is 12.0. The molecule has 0 unspecified atom stereocenters. The predicted octanol–water partition coefficient (Wildman–Crippen LogP) is 4.46. The van der Waals surface area contributed by atoms with Crippen molar-refractivity contribution in [3.63, 3.8) is 0 Å². The molecule has 1 aliphatic rings. The van der Waals surface area contributed by atoms with Crippen LogP contribution < -0.4 is 10.1 Å². The lowest BCUT2D eigenvalue weighted by Crippen LogP contribution is -2.43. The van der Waals surface area contributed by atoms with Crippen molar-refractivity contribution < 1.29 is 4.74 Å². The monoisotopic (exact) mass is 275 g/mol. The number of hydrogen-bond donors (Lipinski definition) is 1. The van der Waals surface area contributed by atoms with E-state index in [1.807, 2.05) is 0 Å². The minimum absolute atomic E-state index is 0.0597. The Balaban J connectivity index is 2.15. The van der Waals surface area contributed by atoms with Gasteiger partial charge in [-0.3, -0.25) is 0 Å². The Hall–Kier alpha value is -1.02. The second-order valence-electron chi connectivity index (χ2n) is 6.64. The standard InChI is InChI=1S/C18H29NO/c1-6-18(7-2,8-3)19-13-15-11-9-10-14-12-17(4,5)20-16(14)15/h9-11,19H,6-8,12-13H2,1-5H3. The molecule has 2 rings (SSSR count). The number of ether oxygens (including phenoxy) is 1. The van der Waals surface area contributed by atoms with Crippen molar-refractivity contribution in [2.45, 2.75) is 78.0 Å². The van der Waals surface area contributed by atoms with Crippen molar-refractivity contribution in [3.8, 4) is 5.75 Å². The maximum absolute atomic E-state index is 6.15. The first-order chi connectivity index (χ1) is 9.45. The Morgan fingerprint density at radius 1 is 1.15 bits per heavy atom. The molecular weight excluding hydrogens is 246 g/mol. The van der Waals surface area contributed by atoms with Gasteiger partial charge >= 0.3 is 0 Å². The molecule has 0 spiro atoms. The number of fused-ring (bicyclic) bond motifs is 1. The van der Waals surface area contributed by atoms with Gasteiger partial charge in [0.05, 0.1) is 0 Å². The highest BCUT2D eigenvalue weighted by Gasteiger charge is 2.32. The summed E-state index contributed by atoms with van der Waals surface area (Å²) >= 11 is 0. The third kappa shape index (κ3) is 3.01. The topological polar surface area (TPSA) is 21.3 Å². The highest BCUT2D eigenvalue weighted by molar-refractivity contribution is 5.45. The number of hydrogen-bond acceptors (Lipinski definition) is 2. The fourth-order valence-corrected chi connectivity index (χ4v) is 3.23. The molecule has 20 heavy (non-hydrogen) atoms. The summed E-state index contributed by atoms with van der Waals surface area (Å²) in [5, 5.41) is 3.78. The van der Waals surface area contributed by atoms with E-state index in [1.54, 1.807) is 0 Å². The summed E-state index contributed by atoms with van der Waals surface area (Å²) < 4.78 is 6.15. The van der Waals surface area contributed by atoms with E-state index in [0.717, 1.165) is 18.7 Å². The molecule has 1 aromatic rings. The van der Waals surface area contributed by atoms with Crippen LogP contribution in [-0.2, 0) is 13.0 Å². The summed E-state index contributed by atoms with van der Waals surface area (Å²) in [4.78, 5) is 0. The summed E-state index contributed by atoms with van der Waals surface area (Å²) in [6.07, 6.45) is 4.51. The van der Waals surface area contributed by atoms with Gasteiger partial charge in [0, 0.05) is 24.1 Å². The van der Waals surface area contributed by atoms with E-state index in [-0.39, 0.29) is 11.1 Å². The zero-order valence-corrected chi connectivity index (χ0v) is 13.7. The van der Waals surface area contributed by atoms with Gasteiger partial charge in [-0.1, -0.05) is 39.0 Å². The molecule has 1 N–H and O–H groups in total. The molecular formula is C18H29NO. The molecule has 112 valence electrons. The van der Waals surface area contributed by atoms with Crippen LogP contribution in [0.3, 0.4) is 0 Å². The maximum Gasteiger partial charge on any atom is 0.127 e. The Labute approximate surface area is 123 Å². The molecule has 0 saturated heterocycles. The van der Waals surface area contributed by atoms with Gasteiger partial charge in [0.1, 0.15) is 11.4 Å². The molecule has 2 nitrogen and oxygen atoms in total. The lowest BCUT2D eigenvalue weighted by molar-refractivity contribution is 0.136. The Bertz CT molecular complexity index is 452. The molecule has 0 aromatic heterocycles. The summed E-state index contributed by atoms with van der Waals surface area (Å²) in [5.74, 6) is 1.11. The zero-order valence-electron chi connectivity index (χ0n) is 13.7. The maximum atomic E-state index is 6.15. The molecule has 0 amide bonds. The molecule has 1 aromatic carbocycles. The first-order valence-electron chi connectivity index (χ1n) is 8.00. The van der Waals surface area contributed by atoms with Crippen LogP contribution in [0.5, 0.6) is 5.75 Å². The van der Waals surface area contributed by atoms with Crippen molar-refractivity contribution >= 4 is 0 Å². The Morgan fingerprint density at radius 3 is 2.40 bits per heavy atom. The molecule has 1 aliphatic heterocycles. The van der Waals surface area contributed by atoms with Crippen LogP contribution in [0.2, 0.25) is 0 Å². The van der Waals surface area contributed by atoms with E-state index in [1.165, 1.54) is 30.4 Å². The summed E-state index contributed by atoms with van der Waals surface area (Å²) in [6, 6.07) is 6.55. The molecule has 0 fully saturated rings. The third-order valence-corrected chi connectivity index (χ3v) is 4.86. The highest BCUT2D eigenvalue weighted by Crippen LogP contribution is 2.37. The van der Waals surface area contributed by atoms with Gasteiger partial charge in [0.25, 0.3) is 0 Å². The van der Waals surface area contributed by atoms with Gasteiger partial charge < -0.3 is 10.1 Å². The van der Waals surface area contributed by atoms with E-state index in [4.69, 9.17) is 4.74 Å². The van der Waals surface area contributed by atoms with Crippen LogP contribution in [0, 0.1) is 0 Å². The van der Waals surface area contributed by atoms with E-state index >= 15 is 0 Å². The zero-order chi connectivity index (χ0) is 14.8. The highest BCUT2D eigenvalue weighted by atomic mass is 16.5. The van der Waals surface area contributed by atoms with E-state index in [2.05, 4.69) is 58.1 Å². The average molecular weight is 275 g/mol. The first-order valence-corrected chi connectivity index (χ1v) is 8.00. The lowest BCUT2D eigenvalue weighted by Gasteiger charge is -2.32. The van der Waals surface area contributed by atoms with Crippen LogP contribution in [-0.4, -0.2) is 11.1 Å². The SMILES string of the molecule is CCC(CC)(CC)NCc1cccc2c1OC(C)(C)C2. The molecule has 2 heteroatoms. The minimum Gasteiger partial charge on any atom is -0.487 e. The summed E-state index contributed by atoms with van der Waals surface area (Å²) in [5.41, 5.74) is 2.85. The van der Waals surface area contributed by atoms with Crippen molar-refractivity contribution in [2.75, 3.05) is 0 Å². The molecule has 0 radical (unpaired) electrons. The largest absolute Gasteiger partial charge is 0.487 e. The Kier molecular flexibility index (Phi) is 4.43. The van der Waals surface area contributed by atoms with Gasteiger partial charge in [-0.15, -0.1) is 0 Å².